The highest BCUT2D eigenvalue weighted by atomic mass is 16.1. The summed E-state index contributed by atoms with van der Waals surface area (Å²) in [6.07, 6.45) is 3.65. The van der Waals surface area contributed by atoms with Crippen LogP contribution in [0.25, 0.3) is 0 Å². The summed E-state index contributed by atoms with van der Waals surface area (Å²) in [4.78, 5) is 10.8. The van der Waals surface area contributed by atoms with Crippen molar-refractivity contribution < 1.29 is 4.79 Å². The van der Waals surface area contributed by atoms with E-state index in [2.05, 4.69) is 46.9 Å². The van der Waals surface area contributed by atoms with Gasteiger partial charge in [-0.2, -0.15) is 0 Å². The second-order valence-electron chi connectivity index (χ2n) is 7.48. The number of carbonyl (C=O) groups is 1. The van der Waals surface area contributed by atoms with Gasteiger partial charge >= 0.3 is 0 Å². The summed E-state index contributed by atoms with van der Waals surface area (Å²) in [5.74, 6) is 0.643. The van der Waals surface area contributed by atoms with E-state index in [1.165, 1.54) is 19.3 Å². The minimum atomic E-state index is 0.0748. The molecule has 0 aliphatic carbocycles. The van der Waals surface area contributed by atoms with Gasteiger partial charge in [-0.1, -0.05) is 41.5 Å². The summed E-state index contributed by atoms with van der Waals surface area (Å²) in [5, 5.41) is 2.89. The lowest BCUT2D eigenvalue weighted by Gasteiger charge is -2.33. The van der Waals surface area contributed by atoms with Gasteiger partial charge in [0.05, 0.1) is 0 Å². The molecule has 0 saturated heterocycles. The average Bonchev–Trinajstić information content (AvgIpc) is 2.07. The molecule has 0 aliphatic rings. The highest BCUT2D eigenvalue weighted by Crippen LogP contribution is 2.37. The van der Waals surface area contributed by atoms with E-state index in [1.54, 1.807) is 6.92 Å². The largest absolute Gasteiger partial charge is 0.356 e. The Hall–Kier alpha value is -0.530. The van der Waals surface area contributed by atoms with Gasteiger partial charge in [0.15, 0.2) is 0 Å². The van der Waals surface area contributed by atoms with Crippen molar-refractivity contribution in [1.29, 1.82) is 0 Å². The molecule has 0 saturated carbocycles. The fourth-order valence-corrected chi connectivity index (χ4v) is 2.58. The van der Waals surface area contributed by atoms with Crippen LogP contribution in [0.3, 0.4) is 0 Å². The van der Waals surface area contributed by atoms with Crippen molar-refractivity contribution in [2.45, 2.75) is 67.7 Å². The molecule has 0 radical (unpaired) electrons. The van der Waals surface area contributed by atoms with Crippen molar-refractivity contribution in [3.63, 3.8) is 0 Å². The Balaban J connectivity index is 3.96. The van der Waals surface area contributed by atoms with Crippen LogP contribution in [0.4, 0.5) is 0 Å². The monoisotopic (exact) mass is 241 g/mol. The zero-order chi connectivity index (χ0) is 13.7. The van der Waals surface area contributed by atoms with E-state index < -0.39 is 0 Å². The Morgan fingerprint density at radius 2 is 1.71 bits per heavy atom. The third kappa shape index (κ3) is 10.3. The van der Waals surface area contributed by atoms with Crippen molar-refractivity contribution in [2.75, 3.05) is 6.54 Å². The van der Waals surface area contributed by atoms with E-state index in [0.29, 0.717) is 16.7 Å². The minimum Gasteiger partial charge on any atom is -0.356 e. The number of nitrogens with one attached hydrogen (secondary N) is 1. The van der Waals surface area contributed by atoms with Crippen molar-refractivity contribution >= 4 is 5.91 Å². The molecule has 2 nitrogen and oxygen atoms in total. The molecule has 102 valence electrons. The van der Waals surface area contributed by atoms with Gasteiger partial charge in [-0.3, -0.25) is 4.79 Å². The summed E-state index contributed by atoms with van der Waals surface area (Å²) in [6.45, 7) is 16.2. The highest BCUT2D eigenvalue weighted by Gasteiger charge is 2.25. The molecular formula is C15H31NO. The molecule has 0 aromatic carbocycles. The normalized spacial score (nSPS) is 14.5. The first-order valence-corrected chi connectivity index (χ1v) is 6.76. The van der Waals surface area contributed by atoms with Crippen molar-refractivity contribution in [2.24, 2.45) is 16.7 Å². The van der Waals surface area contributed by atoms with Crippen molar-refractivity contribution in [3.8, 4) is 0 Å². The Kier molecular flexibility index (Phi) is 6.22. The van der Waals surface area contributed by atoms with Crippen LogP contribution in [0, 0.1) is 16.7 Å². The van der Waals surface area contributed by atoms with Gasteiger partial charge in [0.1, 0.15) is 0 Å². The lowest BCUT2D eigenvalue weighted by molar-refractivity contribution is -0.119. The molecule has 0 fully saturated rings. The Morgan fingerprint density at radius 3 is 2.12 bits per heavy atom. The van der Waals surface area contributed by atoms with Gasteiger partial charge in [-0.25, -0.2) is 0 Å². The molecule has 0 spiro atoms. The Morgan fingerprint density at radius 1 is 1.18 bits per heavy atom. The number of carbonyl (C=O) groups excluding carboxylic acids is 1. The third-order valence-electron chi connectivity index (χ3n) is 3.02. The summed E-state index contributed by atoms with van der Waals surface area (Å²) in [6, 6.07) is 0. The van der Waals surface area contributed by atoms with E-state index in [4.69, 9.17) is 0 Å². The summed E-state index contributed by atoms with van der Waals surface area (Å²) in [5.41, 5.74) is 0.785. The Labute approximate surface area is 108 Å². The zero-order valence-electron chi connectivity index (χ0n) is 12.8. The maximum absolute atomic E-state index is 10.8. The smallest absolute Gasteiger partial charge is 0.216 e. The maximum atomic E-state index is 10.8. The van der Waals surface area contributed by atoms with E-state index in [-0.39, 0.29) is 5.91 Å². The minimum absolute atomic E-state index is 0.0748. The average molecular weight is 241 g/mol. The second kappa shape index (κ2) is 6.42. The number of amides is 1. The fourth-order valence-electron chi connectivity index (χ4n) is 2.58. The molecule has 17 heavy (non-hydrogen) atoms. The van der Waals surface area contributed by atoms with Crippen LogP contribution in [0.1, 0.15) is 67.7 Å². The van der Waals surface area contributed by atoms with Crippen LogP contribution >= 0.6 is 0 Å². The molecule has 1 amide bonds. The molecule has 0 aromatic heterocycles. The first-order chi connectivity index (χ1) is 7.52. The molecule has 0 rings (SSSR count). The van der Waals surface area contributed by atoms with Gasteiger partial charge in [-0.05, 0) is 36.0 Å². The van der Waals surface area contributed by atoms with Crippen LogP contribution in [0.2, 0.25) is 0 Å². The molecule has 1 atom stereocenters. The molecule has 0 heterocycles. The molecule has 0 bridgehead atoms. The van der Waals surface area contributed by atoms with Crippen LogP contribution in [0.5, 0.6) is 0 Å². The molecule has 0 aliphatic heterocycles. The predicted octanol–water partition coefficient (Wildman–Crippen LogP) is 4.00. The quantitative estimate of drug-likeness (QED) is 0.748. The van der Waals surface area contributed by atoms with Crippen LogP contribution in [-0.2, 0) is 4.79 Å². The maximum Gasteiger partial charge on any atom is 0.216 e. The van der Waals surface area contributed by atoms with Crippen LogP contribution in [0.15, 0.2) is 0 Å². The lowest BCUT2D eigenvalue weighted by Crippen LogP contribution is -2.27. The second-order valence-corrected chi connectivity index (χ2v) is 7.48. The zero-order valence-corrected chi connectivity index (χ0v) is 12.8. The van der Waals surface area contributed by atoms with Gasteiger partial charge < -0.3 is 5.32 Å². The van der Waals surface area contributed by atoms with Gasteiger partial charge in [0.2, 0.25) is 5.91 Å². The lowest BCUT2D eigenvalue weighted by atomic mass is 9.73. The van der Waals surface area contributed by atoms with E-state index in [1.807, 2.05) is 0 Å². The van der Waals surface area contributed by atoms with Crippen molar-refractivity contribution in [3.05, 3.63) is 0 Å². The number of rotatable bonds is 6. The summed E-state index contributed by atoms with van der Waals surface area (Å²) < 4.78 is 0. The van der Waals surface area contributed by atoms with E-state index >= 15 is 0 Å². The summed E-state index contributed by atoms with van der Waals surface area (Å²) in [7, 11) is 0. The fraction of sp³-hybridized carbons (Fsp3) is 0.933. The van der Waals surface area contributed by atoms with Crippen molar-refractivity contribution in [1.82, 2.24) is 5.32 Å². The topological polar surface area (TPSA) is 29.1 Å². The first-order valence-electron chi connectivity index (χ1n) is 6.76. The molecular weight excluding hydrogens is 210 g/mol. The molecule has 0 aromatic rings. The molecule has 2 heteroatoms. The van der Waals surface area contributed by atoms with E-state index in [9.17, 15) is 4.79 Å². The number of hydrogen-bond acceptors (Lipinski definition) is 1. The van der Waals surface area contributed by atoms with Crippen LogP contribution < -0.4 is 5.32 Å². The first kappa shape index (κ1) is 16.5. The van der Waals surface area contributed by atoms with Crippen LogP contribution in [-0.4, -0.2) is 12.5 Å². The van der Waals surface area contributed by atoms with Gasteiger partial charge in [0.25, 0.3) is 0 Å². The van der Waals surface area contributed by atoms with Gasteiger partial charge in [-0.15, -0.1) is 0 Å². The highest BCUT2D eigenvalue weighted by molar-refractivity contribution is 5.72. The standard InChI is InChI=1S/C15H31NO/c1-12(10-16-13(2)17)8-9-15(6,7)11-14(3,4)5/h12H,8-11H2,1-7H3,(H,16,17)/t12-/m0/s1. The summed E-state index contributed by atoms with van der Waals surface area (Å²) >= 11 is 0. The third-order valence-corrected chi connectivity index (χ3v) is 3.02. The molecule has 1 N–H and O–H groups in total. The van der Waals surface area contributed by atoms with E-state index in [0.717, 1.165) is 6.54 Å². The predicted molar refractivity (Wildman–Crippen MR) is 74.9 cm³/mol. The van der Waals surface area contributed by atoms with Gasteiger partial charge in [0, 0.05) is 13.5 Å². The molecule has 0 unspecified atom stereocenters. The number of hydrogen-bond donors (Lipinski definition) is 1. The Bertz CT molecular complexity index is 238. The SMILES string of the molecule is CC(=O)NC[C@@H](C)CCC(C)(C)CC(C)(C)C.